The van der Waals surface area contributed by atoms with Gasteiger partial charge < -0.3 is 45.7 Å². The number of aliphatic hydroxyl groups is 4. The lowest BCUT2D eigenvalue weighted by molar-refractivity contribution is -0.254. The summed E-state index contributed by atoms with van der Waals surface area (Å²) < 4.78 is 17.8. The Bertz CT molecular complexity index is 1230. The number of ether oxygens (including phenoxy) is 3. The number of unbranched alkanes of at least 4 members (excludes halogenated alkanes) is 20. The van der Waals surface area contributed by atoms with E-state index in [2.05, 4.69) is 29.5 Å². The van der Waals surface area contributed by atoms with Gasteiger partial charge in [-0.25, -0.2) is 4.68 Å². The number of carbonyl (C=O) groups excluding carboxylic acids is 3. The van der Waals surface area contributed by atoms with E-state index in [9.17, 15) is 34.8 Å². The highest BCUT2D eigenvalue weighted by Gasteiger charge is 2.44. The molecule has 0 saturated carbocycles. The summed E-state index contributed by atoms with van der Waals surface area (Å²) in [5.41, 5.74) is 6.16. The highest BCUT2D eigenvalue weighted by atomic mass is 32.2. The number of anilines is 1. The summed E-state index contributed by atoms with van der Waals surface area (Å²) in [5.74, 6) is -0.804. The molecule has 0 aliphatic carbocycles. The zero-order valence-corrected chi connectivity index (χ0v) is 36.3. The van der Waals surface area contributed by atoms with E-state index in [4.69, 9.17) is 19.9 Å². The van der Waals surface area contributed by atoms with Gasteiger partial charge in [0.05, 0.1) is 18.8 Å². The molecular formula is C42H77N5O10S. The maximum atomic E-state index is 12.9. The number of hydrogen-bond acceptors (Lipinski definition) is 14. The normalized spacial score (nSPS) is 20.4. The van der Waals surface area contributed by atoms with E-state index in [-0.39, 0.29) is 42.3 Å². The molecule has 2 rings (SSSR count). The van der Waals surface area contributed by atoms with Crippen LogP contribution in [0.5, 0.6) is 0 Å². The molecule has 7 N–H and O–H groups in total. The van der Waals surface area contributed by atoms with E-state index >= 15 is 0 Å². The predicted octanol–water partition coefficient (Wildman–Crippen LogP) is 6.11. The molecule has 1 aromatic heterocycles. The van der Waals surface area contributed by atoms with Crippen molar-refractivity contribution in [1.29, 1.82) is 0 Å². The first-order chi connectivity index (χ1) is 28.1. The summed E-state index contributed by atoms with van der Waals surface area (Å²) in [5, 5.41) is 50.2. The van der Waals surface area contributed by atoms with Crippen LogP contribution >= 0.6 is 11.8 Å². The predicted molar refractivity (Wildman–Crippen MR) is 226 cm³/mol. The third-order valence-electron chi connectivity index (χ3n) is 10.5. The Kier molecular flexibility index (Phi) is 29.0. The smallest absolute Gasteiger partial charge is 0.306 e. The molecular weight excluding hydrogens is 767 g/mol. The van der Waals surface area contributed by atoms with Gasteiger partial charge in [0.1, 0.15) is 37.1 Å². The molecule has 1 aliphatic rings. The van der Waals surface area contributed by atoms with Crippen molar-refractivity contribution in [2.45, 2.75) is 211 Å². The van der Waals surface area contributed by atoms with E-state index in [1.165, 1.54) is 121 Å². The van der Waals surface area contributed by atoms with Gasteiger partial charge in [-0.2, -0.15) is 11.8 Å². The number of carbonyl (C=O) groups is 3. The minimum absolute atomic E-state index is 0.00124. The van der Waals surface area contributed by atoms with Crippen LogP contribution in [0.4, 0.5) is 5.82 Å². The van der Waals surface area contributed by atoms with E-state index in [0.29, 0.717) is 6.42 Å². The largest absolute Gasteiger partial charge is 0.462 e. The second-order valence-corrected chi connectivity index (χ2v) is 16.9. The molecule has 0 spiro atoms. The highest BCUT2D eigenvalue weighted by molar-refractivity contribution is 7.99. The van der Waals surface area contributed by atoms with Gasteiger partial charge in [-0.05, 0) is 12.8 Å². The molecule has 1 saturated heterocycles. The second kappa shape index (κ2) is 32.4. The van der Waals surface area contributed by atoms with E-state index in [0.717, 1.165) is 43.2 Å². The molecule has 2 heterocycles. The molecule has 1 aromatic rings. The van der Waals surface area contributed by atoms with Crippen LogP contribution in [0, 0.1) is 0 Å². The van der Waals surface area contributed by atoms with Gasteiger partial charge in [-0.15, -0.1) is 5.10 Å². The molecule has 1 aliphatic heterocycles. The standard InChI is InChI=1S/C42H77N5O10S/c1-3-5-7-9-11-13-15-17-19-21-23-25-36(49)55-29-32(56-37(50)26-24-22-20-18-16-14-12-10-8-6-4-2)30-58-31-33(43)41(54)44-35-27-47(46-45-35)42-40(53)39(52)38(51)34(28-48)57-42/h27,32-34,38-40,42,48,51-53H,3-26,28-31,43H2,1-2H3,(H,44,54)/t32-,33-,34?,38?,39?,40?,42+/m1/s1. The van der Waals surface area contributed by atoms with Crippen LogP contribution in [0.1, 0.15) is 174 Å². The number of rotatable bonds is 35. The Balaban J connectivity index is 1.78. The number of nitrogens with one attached hydrogen (secondary N) is 1. The van der Waals surface area contributed by atoms with Crippen molar-refractivity contribution < 1.29 is 49.0 Å². The third kappa shape index (κ3) is 22.3. The van der Waals surface area contributed by atoms with Crippen molar-refractivity contribution in [3.8, 4) is 0 Å². The van der Waals surface area contributed by atoms with Gasteiger partial charge in [-0.3, -0.25) is 14.4 Å². The van der Waals surface area contributed by atoms with Crippen LogP contribution in [0.2, 0.25) is 0 Å². The Morgan fingerprint density at radius 1 is 0.759 bits per heavy atom. The minimum atomic E-state index is -1.60. The summed E-state index contributed by atoms with van der Waals surface area (Å²) >= 11 is 1.29. The Morgan fingerprint density at radius 2 is 1.26 bits per heavy atom. The highest BCUT2D eigenvalue weighted by Crippen LogP contribution is 2.28. The number of hydrogen-bond donors (Lipinski definition) is 6. The lowest BCUT2D eigenvalue weighted by Gasteiger charge is -2.39. The van der Waals surface area contributed by atoms with Crippen LogP contribution in [0.3, 0.4) is 0 Å². The first-order valence-corrected chi connectivity index (χ1v) is 23.5. The topological polar surface area (TPSA) is 229 Å². The molecule has 16 heteroatoms. The van der Waals surface area contributed by atoms with Crippen molar-refractivity contribution in [3.63, 3.8) is 0 Å². The average Bonchev–Trinajstić information content (AvgIpc) is 3.68. The fourth-order valence-electron chi connectivity index (χ4n) is 6.87. The Morgan fingerprint density at radius 3 is 1.78 bits per heavy atom. The SMILES string of the molecule is CCCCCCCCCCCCCC(=O)OC[C@H](CSC[C@@H](N)C(=O)Nc1cn([C@H]2OC(CO)C(O)C(O)C2O)nn1)OC(=O)CCCCCCCCCCCCC. The summed E-state index contributed by atoms with van der Waals surface area (Å²) in [4.78, 5) is 38.3. The molecule has 1 amide bonds. The third-order valence-corrected chi connectivity index (χ3v) is 11.7. The van der Waals surface area contributed by atoms with Crippen LogP contribution < -0.4 is 11.1 Å². The van der Waals surface area contributed by atoms with Gasteiger partial charge >= 0.3 is 11.9 Å². The summed E-state index contributed by atoms with van der Waals surface area (Å²) in [6, 6.07) is -0.987. The number of esters is 2. The number of amides is 1. The number of thioether (sulfide) groups is 1. The number of nitrogens with zero attached hydrogens (tertiary/aromatic N) is 3. The lowest BCUT2D eigenvalue weighted by atomic mass is 9.98. The number of nitrogens with two attached hydrogens (primary N) is 1. The number of aromatic nitrogens is 3. The maximum Gasteiger partial charge on any atom is 0.306 e. The lowest BCUT2D eigenvalue weighted by Crippen LogP contribution is -2.56. The molecule has 15 nitrogen and oxygen atoms in total. The van der Waals surface area contributed by atoms with Crippen molar-refractivity contribution in [3.05, 3.63) is 6.20 Å². The molecule has 0 radical (unpaired) electrons. The van der Waals surface area contributed by atoms with Gasteiger partial charge in [0, 0.05) is 24.3 Å². The first kappa shape index (κ1) is 51.8. The minimum Gasteiger partial charge on any atom is -0.462 e. The first-order valence-electron chi connectivity index (χ1n) is 22.3. The molecule has 58 heavy (non-hydrogen) atoms. The van der Waals surface area contributed by atoms with Gasteiger partial charge in [0.25, 0.3) is 0 Å². The molecule has 7 atom stereocenters. The number of aliphatic hydroxyl groups excluding tert-OH is 4. The van der Waals surface area contributed by atoms with E-state index in [1.807, 2.05) is 0 Å². The van der Waals surface area contributed by atoms with Crippen LogP contribution in [0.25, 0.3) is 0 Å². The van der Waals surface area contributed by atoms with E-state index < -0.39 is 55.3 Å². The fourth-order valence-corrected chi connectivity index (χ4v) is 7.83. The quantitative estimate of drug-likeness (QED) is 0.0335. The summed E-state index contributed by atoms with van der Waals surface area (Å²) in [7, 11) is 0. The maximum absolute atomic E-state index is 12.9. The monoisotopic (exact) mass is 844 g/mol. The van der Waals surface area contributed by atoms with Gasteiger partial charge in [0.15, 0.2) is 12.0 Å². The Hall–Kier alpha value is -2.34. The van der Waals surface area contributed by atoms with Crippen LogP contribution in [-0.2, 0) is 28.6 Å². The molecule has 0 bridgehead atoms. The summed E-state index contributed by atoms with van der Waals surface area (Å²) in [6.45, 7) is 3.78. The van der Waals surface area contributed by atoms with E-state index in [1.54, 1.807) is 0 Å². The van der Waals surface area contributed by atoms with Gasteiger partial charge in [-0.1, -0.05) is 147 Å². The van der Waals surface area contributed by atoms with Gasteiger partial charge in [0.2, 0.25) is 5.91 Å². The van der Waals surface area contributed by atoms with Crippen molar-refractivity contribution >= 4 is 35.4 Å². The zero-order chi connectivity index (χ0) is 42.4. The fraction of sp³-hybridized carbons (Fsp3) is 0.881. The molecule has 1 fully saturated rings. The van der Waals surface area contributed by atoms with Crippen LogP contribution in [0.15, 0.2) is 6.20 Å². The molecule has 336 valence electrons. The average molecular weight is 844 g/mol. The second-order valence-electron chi connectivity index (χ2n) is 15.8. The molecule has 4 unspecified atom stereocenters. The molecule has 0 aromatic carbocycles. The zero-order valence-electron chi connectivity index (χ0n) is 35.5. The Labute approximate surface area is 351 Å². The van der Waals surface area contributed by atoms with Crippen LogP contribution in [-0.4, -0.2) is 115 Å². The van der Waals surface area contributed by atoms with Crippen molar-refractivity contribution in [2.75, 3.05) is 30.0 Å². The van der Waals surface area contributed by atoms with Crippen molar-refractivity contribution in [2.24, 2.45) is 5.73 Å². The summed E-state index contributed by atoms with van der Waals surface area (Å²) in [6.07, 6.45) is 20.0. The van der Waals surface area contributed by atoms with Crippen molar-refractivity contribution in [1.82, 2.24) is 15.0 Å².